The molecule has 0 saturated heterocycles. The van der Waals surface area contributed by atoms with Crippen LogP contribution in [0.25, 0.3) is 0 Å². The summed E-state index contributed by atoms with van der Waals surface area (Å²) in [6, 6.07) is 8.96. The van der Waals surface area contributed by atoms with Gasteiger partial charge in [-0.05, 0) is 12.1 Å². The molecule has 0 saturated carbocycles. The zero-order chi connectivity index (χ0) is 21.5. The van der Waals surface area contributed by atoms with E-state index in [0.29, 0.717) is 5.69 Å². The lowest BCUT2D eigenvalue weighted by molar-refractivity contribution is -0.156. The Balaban J connectivity index is 0.000000576. The number of esters is 2. The normalized spacial score (nSPS) is 11.9. The van der Waals surface area contributed by atoms with Gasteiger partial charge in [0.15, 0.2) is 6.10 Å². The van der Waals surface area contributed by atoms with Gasteiger partial charge in [0, 0.05) is 19.9 Å². The average molecular weight is 399 g/mol. The van der Waals surface area contributed by atoms with Crippen LogP contribution in [0.5, 0.6) is 0 Å². The third-order valence-corrected chi connectivity index (χ3v) is 3.34. The number of benzene rings is 1. The largest absolute Gasteiger partial charge is 0.479 e. The van der Waals surface area contributed by atoms with Crippen LogP contribution in [-0.4, -0.2) is 69.6 Å². The monoisotopic (exact) mass is 399 g/mol. The maximum atomic E-state index is 11.8. The van der Waals surface area contributed by atoms with E-state index in [-0.39, 0.29) is 18.7 Å². The molecule has 0 bridgehead atoms. The quantitative estimate of drug-likeness (QED) is 0.579. The summed E-state index contributed by atoms with van der Waals surface area (Å²) in [5.41, 5.74) is 0.657. The lowest BCUT2D eigenvalue weighted by Gasteiger charge is -2.13. The molecule has 0 aliphatic heterocycles. The Bertz CT molecular complexity index is 633. The van der Waals surface area contributed by atoms with Crippen molar-refractivity contribution in [2.24, 2.45) is 0 Å². The SMILES string of the molecule is COC(=O)C[C@H](OC)C(=O)Nc1ccccc1.COC(=O)C[C@H](OC)C(=O)O. The van der Waals surface area contributed by atoms with Crippen LogP contribution in [0.1, 0.15) is 12.8 Å². The summed E-state index contributed by atoms with van der Waals surface area (Å²) in [6.07, 6.45) is -2.32. The van der Waals surface area contributed by atoms with Gasteiger partial charge in [-0.3, -0.25) is 14.4 Å². The van der Waals surface area contributed by atoms with Crippen molar-refractivity contribution in [3.05, 3.63) is 30.3 Å². The topological polar surface area (TPSA) is 137 Å². The summed E-state index contributed by atoms with van der Waals surface area (Å²) in [7, 11) is 5.06. The van der Waals surface area contributed by atoms with Crippen LogP contribution in [0.4, 0.5) is 5.69 Å². The molecule has 1 amide bonds. The molecule has 0 aliphatic carbocycles. The minimum Gasteiger partial charge on any atom is -0.479 e. The fraction of sp³-hybridized carbons (Fsp3) is 0.444. The van der Waals surface area contributed by atoms with Crippen molar-refractivity contribution < 1.29 is 43.2 Å². The van der Waals surface area contributed by atoms with E-state index in [1.807, 2.05) is 6.07 Å². The highest BCUT2D eigenvalue weighted by molar-refractivity contribution is 5.96. The number of aliphatic carboxylic acids is 1. The Morgan fingerprint density at radius 1 is 0.857 bits per heavy atom. The lowest BCUT2D eigenvalue weighted by atomic mass is 10.2. The number of ether oxygens (including phenoxy) is 4. The summed E-state index contributed by atoms with van der Waals surface area (Å²) in [4.78, 5) is 43.6. The highest BCUT2D eigenvalue weighted by Gasteiger charge is 2.22. The number of hydrogen-bond acceptors (Lipinski definition) is 8. The molecule has 1 rings (SSSR count). The van der Waals surface area contributed by atoms with Crippen LogP contribution in [0.3, 0.4) is 0 Å². The molecule has 0 radical (unpaired) electrons. The molecule has 0 spiro atoms. The molecule has 0 heterocycles. The van der Waals surface area contributed by atoms with Crippen molar-refractivity contribution in [2.45, 2.75) is 25.0 Å². The second-order valence-corrected chi connectivity index (χ2v) is 5.20. The Morgan fingerprint density at radius 3 is 1.71 bits per heavy atom. The number of amides is 1. The van der Waals surface area contributed by atoms with Crippen molar-refractivity contribution >= 4 is 29.5 Å². The molecule has 10 heteroatoms. The second kappa shape index (κ2) is 14.1. The highest BCUT2D eigenvalue weighted by Crippen LogP contribution is 2.08. The molecule has 0 fully saturated rings. The molecule has 10 nitrogen and oxygen atoms in total. The van der Waals surface area contributed by atoms with Crippen LogP contribution in [0.2, 0.25) is 0 Å². The Morgan fingerprint density at radius 2 is 1.32 bits per heavy atom. The molecule has 2 N–H and O–H groups in total. The smallest absolute Gasteiger partial charge is 0.333 e. The molecule has 0 aromatic heterocycles. The van der Waals surface area contributed by atoms with Gasteiger partial charge in [0.1, 0.15) is 6.10 Å². The minimum atomic E-state index is -1.17. The van der Waals surface area contributed by atoms with E-state index in [2.05, 4.69) is 19.5 Å². The minimum absolute atomic E-state index is 0.105. The van der Waals surface area contributed by atoms with Crippen LogP contribution in [-0.2, 0) is 38.1 Å². The van der Waals surface area contributed by atoms with Gasteiger partial charge >= 0.3 is 17.9 Å². The first-order valence-corrected chi connectivity index (χ1v) is 8.06. The number of carbonyl (C=O) groups is 4. The van der Waals surface area contributed by atoms with Crippen molar-refractivity contribution in [3.8, 4) is 0 Å². The third-order valence-electron chi connectivity index (χ3n) is 3.34. The first-order chi connectivity index (χ1) is 13.3. The van der Waals surface area contributed by atoms with Gasteiger partial charge in [-0.15, -0.1) is 0 Å². The van der Waals surface area contributed by atoms with E-state index in [0.717, 1.165) is 0 Å². The Hall–Kier alpha value is -2.98. The molecule has 1 aromatic carbocycles. The van der Waals surface area contributed by atoms with Gasteiger partial charge in [-0.1, -0.05) is 18.2 Å². The highest BCUT2D eigenvalue weighted by atomic mass is 16.5. The van der Waals surface area contributed by atoms with Crippen LogP contribution in [0.15, 0.2) is 30.3 Å². The Labute approximate surface area is 162 Å². The molecule has 28 heavy (non-hydrogen) atoms. The van der Waals surface area contributed by atoms with E-state index in [1.165, 1.54) is 28.4 Å². The zero-order valence-corrected chi connectivity index (χ0v) is 16.2. The van der Waals surface area contributed by atoms with Gasteiger partial charge in [0.2, 0.25) is 0 Å². The molecule has 0 unspecified atom stereocenters. The zero-order valence-electron chi connectivity index (χ0n) is 16.2. The van der Waals surface area contributed by atoms with E-state index in [9.17, 15) is 19.2 Å². The summed E-state index contributed by atoms with van der Waals surface area (Å²) < 4.78 is 18.2. The number of carboxylic acid groups (broad SMARTS) is 1. The number of carboxylic acids is 1. The van der Waals surface area contributed by atoms with E-state index < -0.39 is 30.1 Å². The fourth-order valence-corrected chi connectivity index (χ4v) is 1.77. The summed E-state index contributed by atoms with van der Waals surface area (Å²) in [5.74, 6) is -2.62. The molecular formula is C18H25NO9. The van der Waals surface area contributed by atoms with E-state index in [4.69, 9.17) is 9.84 Å². The maximum absolute atomic E-state index is 11.8. The second-order valence-electron chi connectivity index (χ2n) is 5.20. The number of rotatable bonds is 9. The number of hydrogen-bond donors (Lipinski definition) is 2. The lowest BCUT2D eigenvalue weighted by Crippen LogP contribution is -2.32. The molecule has 156 valence electrons. The first kappa shape index (κ1) is 25.0. The van der Waals surface area contributed by atoms with Crippen LogP contribution < -0.4 is 5.32 Å². The number of anilines is 1. The van der Waals surface area contributed by atoms with Gasteiger partial charge in [0.05, 0.1) is 27.1 Å². The molecule has 1 aromatic rings. The predicted molar refractivity (Wildman–Crippen MR) is 97.6 cm³/mol. The average Bonchev–Trinajstić information content (AvgIpc) is 2.70. The van der Waals surface area contributed by atoms with Crippen molar-refractivity contribution in [1.82, 2.24) is 0 Å². The summed E-state index contributed by atoms with van der Waals surface area (Å²) in [6.45, 7) is 0. The standard InChI is InChI=1S/C12H15NO4.C6H10O5/c1-16-10(8-11(14)17-2)12(15)13-9-6-4-3-5-7-9;1-10-4(6(8)9)3-5(7)11-2/h3-7,10H,8H2,1-2H3,(H,13,15);4H,3H2,1-2H3,(H,8,9)/t10-;4-/m00/s1. The number of carbonyl (C=O) groups excluding carboxylic acids is 3. The maximum Gasteiger partial charge on any atom is 0.333 e. The first-order valence-electron chi connectivity index (χ1n) is 8.06. The predicted octanol–water partition coefficient (Wildman–Crippen LogP) is 0.852. The third kappa shape index (κ3) is 10.2. The van der Waals surface area contributed by atoms with Crippen LogP contribution >= 0.6 is 0 Å². The van der Waals surface area contributed by atoms with Crippen molar-refractivity contribution in [1.29, 1.82) is 0 Å². The fourth-order valence-electron chi connectivity index (χ4n) is 1.77. The van der Waals surface area contributed by atoms with E-state index in [1.54, 1.807) is 24.3 Å². The number of methoxy groups -OCH3 is 4. The van der Waals surface area contributed by atoms with Crippen molar-refractivity contribution in [2.75, 3.05) is 33.8 Å². The number of nitrogens with one attached hydrogen (secondary N) is 1. The molecular weight excluding hydrogens is 374 g/mol. The van der Waals surface area contributed by atoms with Crippen LogP contribution in [0, 0.1) is 0 Å². The number of para-hydroxylation sites is 1. The van der Waals surface area contributed by atoms with E-state index >= 15 is 0 Å². The van der Waals surface area contributed by atoms with Gasteiger partial charge < -0.3 is 29.4 Å². The summed E-state index contributed by atoms with van der Waals surface area (Å²) in [5, 5.41) is 11.0. The van der Waals surface area contributed by atoms with Crippen molar-refractivity contribution in [3.63, 3.8) is 0 Å². The van der Waals surface area contributed by atoms with Gasteiger partial charge in [0.25, 0.3) is 5.91 Å². The van der Waals surface area contributed by atoms with Gasteiger partial charge in [-0.2, -0.15) is 0 Å². The Kier molecular flexibility index (Phi) is 12.6. The summed E-state index contributed by atoms with van der Waals surface area (Å²) >= 11 is 0. The molecule has 0 aliphatic rings. The molecule has 2 atom stereocenters. The van der Waals surface area contributed by atoms with Gasteiger partial charge in [-0.25, -0.2) is 4.79 Å².